The van der Waals surface area contributed by atoms with E-state index in [1.807, 2.05) is 32.9 Å². The summed E-state index contributed by atoms with van der Waals surface area (Å²) in [6, 6.07) is 3.94. The van der Waals surface area contributed by atoms with E-state index in [1.54, 1.807) is 7.05 Å². The predicted octanol–water partition coefficient (Wildman–Crippen LogP) is 2.52. The molecule has 0 N–H and O–H groups in total. The van der Waals surface area contributed by atoms with E-state index >= 15 is 0 Å². The van der Waals surface area contributed by atoms with Crippen LogP contribution in [0.15, 0.2) is 24.1 Å². The van der Waals surface area contributed by atoms with E-state index in [0.29, 0.717) is 0 Å². The molecule has 0 unspecified atom stereocenters. The first-order valence-corrected chi connectivity index (χ1v) is 6.49. The van der Waals surface area contributed by atoms with Crippen molar-refractivity contribution in [3.05, 3.63) is 40.8 Å². The fourth-order valence-electron chi connectivity index (χ4n) is 1.91. The molecule has 0 fully saturated rings. The molecule has 0 aliphatic carbocycles. The van der Waals surface area contributed by atoms with Crippen molar-refractivity contribution in [1.82, 2.24) is 0 Å². The van der Waals surface area contributed by atoms with Gasteiger partial charge in [0.15, 0.2) is 0 Å². The first-order valence-electron chi connectivity index (χ1n) is 4.99. The van der Waals surface area contributed by atoms with Gasteiger partial charge in [-0.1, -0.05) is 24.3 Å². The van der Waals surface area contributed by atoms with E-state index in [-0.39, 0.29) is 0 Å². The van der Waals surface area contributed by atoms with Gasteiger partial charge in [0.1, 0.15) is 0 Å². The van der Waals surface area contributed by atoms with Crippen LogP contribution in [0.3, 0.4) is 0 Å². The van der Waals surface area contributed by atoms with Crippen LogP contribution in [0.4, 0.5) is 5.69 Å². The minimum atomic E-state index is -3.41. The summed E-state index contributed by atoms with van der Waals surface area (Å²) in [5.41, 5.74) is 3.75. The molecule has 16 heavy (non-hydrogen) atoms. The Morgan fingerprint density at radius 3 is 2.00 bits per heavy atom. The molecule has 4 heteroatoms. The average molecular weight is 239 g/mol. The van der Waals surface area contributed by atoms with Crippen LogP contribution in [-0.4, -0.2) is 15.5 Å². The lowest BCUT2D eigenvalue weighted by molar-refractivity contribution is 0.603. The van der Waals surface area contributed by atoms with Crippen LogP contribution in [0, 0.1) is 20.8 Å². The molecule has 1 aromatic carbocycles. The number of nitrogens with zero attached hydrogens (tertiary/aromatic N) is 1. The Hall–Kier alpha value is -1.29. The standard InChI is InChI=1S/C12H17NO2S/c1-6-16(14,15)13(5)12-10(3)7-9(2)8-11(12)4/h6-8H,1H2,2-5H3. The van der Waals surface area contributed by atoms with Crippen LogP contribution in [-0.2, 0) is 10.0 Å². The van der Waals surface area contributed by atoms with E-state index in [9.17, 15) is 8.42 Å². The van der Waals surface area contributed by atoms with Gasteiger partial charge in [0.2, 0.25) is 0 Å². The lowest BCUT2D eigenvalue weighted by Gasteiger charge is -2.22. The maximum atomic E-state index is 11.7. The molecular weight excluding hydrogens is 222 g/mol. The zero-order chi connectivity index (χ0) is 12.5. The summed E-state index contributed by atoms with van der Waals surface area (Å²) in [7, 11) is -1.87. The average Bonchev–Trinajstić information content (AvgIpc) is 2.15. The van der Waals surface area contributed by atoms with Gasteiger partial charge in [-0.25, -0.2) is 8.42 Å². The van der Waals surface area contributed by atoms with Crippen molar-refractivity contribution in [2.24, 2.45) is 0 Å². The Morgan fingerprint density at radius 1 is 1.19 bits per heavy atom. The second-order valence-corrected chi connectivity index (χ2v) is 5.84. The maximum Gasteiger partial charge on any atom is 0.256 e. The number of sulfonamides is 1. The van der Waals surface area contributed by atoms with Crippen LogP contribution in [0.25, 0.3) is 0 Å². The van der Waals surface area contributed by atoms with E-state index < -0.39 is 10.0 Å². The van der Waals surface area contributed by atoms with E-state index in [2.05, 4.69) is 6.58 Å². The Balaban J connectivity index is 3.40. The van der Waals surface area contributed by atoms with Crippen LogP contribution >= 0.6 is 0 Å². The SMILES string of the molecule is C=CS(=O)(=O)N(C)c1c(C)cc(C)cc1C. The minimum Gasteiger partial charge on any atom is -0.269 e. The van der Waals surface area contributed by atoms with E-state index in [0.717, 1.165) is 27.8 Å². The van der Waals surface area contributed by atoms with Gasteiger partial charge in [-0.15, -0.1) is 0 Å². The molecular formula is C12H17NO2S. The molecule has 0 bridgehead atoms. The second-order valence-electron chi connectivity index (χ2n) is 3.93. The zero-order valence-electron chi connectivity index (χ0n) is 10.1. The third kappa shape index (κ3) is 2.27. The number of benzene rings is 1. The Bertz CT molecular complexity index is 495. The van der Waals surface area contributed by atoms with Gasteiger partial charge in [0, 0.05) is 12.5 Å². The van der Waals surface area contributed by atoms with Crippen LogP contribution in [0.2, 0.25) is 0 Å². The van der Waals surface area contributed by atoms with Gasteiger partial charge in [-0.2, -0.15) is 0 Å². The van der Waals surface area contributed by atoms with Gasteiger partial charge in [-0.3, -0.25) is 4.31 Å². The topological polar surface area (TPSA) is 37.4 Å². The number of hydrogen-bond acceptors (Lipinski definition) is 2. The van der Waals surface area contributed by atoms with E-state index in [1.165, 1.54) is 4.31 Å². The molecule has 0 aromatic heterocycles. The van der Waals surface area contributed by atoms with Gasteiger partial charge >= 0.3 is 0 Å². The second kappa shape index (κ2) is 4.29. The van der Waals surface area contributed by atoms with Crippen molar-refractivity contribution in [2.45, 2.75) is 20.8 Å². The molecule has 0 heterocycles. The first-order chi connectivity index (χ1) is 7.29. The fraction of sp³-hybridized carbons (Fsp3) is 0.333. The molecule has 0 saturated carbocycles. The van der Waals surface area contributed by atoms with Crippen LogP contribution in [0.1, 0.15) is 16.7 Å². The van der Waals surface area contributed by atoms with Crippen LogP contribution < -0.4 is 4.31 Å². The molecule has 0 spiro atoms. The van der Waals surface area contributed by atoms with Crippen molar-refractivity contribution >= 4 is 15.7 Å². The lowest BCUT2D eigenvalue weighted by Crippen LogP contribution is -2.25. The molecule has 0 atom stereocenters. The highest BCUT2D eigenvalue weighted by atomic mass is 32.2. The molecule has 1 rings (SSSR count). The summed E-state index contributed by atoms with van der Waals surface area (Å²) in [4.78, 5) is 0. The summed E-state index contributed by atoms with van der Waals surface area (Å²) < 4.78 is 24.7. The summed E-state index contributed by atoms with van der Waals surface area (Å²) >= 11 is 0. The maximum absolute atomic E-state index is 11.7. The molecule has 88 valence electrons. The summed E-state index contributed by atoms with van der Waals surface area (Å²) in [6.07, 6.45) is 0. The number of aryl methyl sites for hydroxylation is 3. The highest BCUT2D eigenvalue weighted by Crippen LogP contribution is 2.27. The van der Waals surface area contributed by atoms with Crippen LogP contribution in [0.5, 0.6) is 0 Å². The third-order valence-electron chi connectivity index (χ3n) is 2.54. The molecule has 3 nitrogen and oxygen atoms in total. The fourth-order valence-corrected chi connectivity index (χ4v) is 2.67. The number of hydrogen-bond donors (Lipinski definition) is 0. The highest BCUT2D eigenvalue weighted by Gasteiger charge is 2.18. The van der Waals surface area contributed by atoms with Crippen molar-refractivity contribution in [1.29, 1.82) is 0 Å². The van der Waals surface area contributed by atoms with Crippen molar-refractivity contribution in [3.8, 4) is 0 Å². The molecule has 0 aliphatic heterocycles. The minimum absolute atomic E-state index is 0.727. The summed E-state index contributed by atoms with van der Waals surface area (Å²) in [5.74, 6) is 0. The smallest absolute Gasteiger partial charge is 0.256 e. The molecule has 1 aromatic rings. The Morgan fingerprint density at radius 2 is 1.62 bits per heavy atom. The largest absolute Gasteiger partial charge is 0.269 e. The lowest BCUT2D eigenvalue weighted by atomic mass is 10.1. The third-order valence-corrected chi connectivity index (χ3v) is 3.91. The van der Waals surface area contributed by atoms with Gasteiger partial charge in [-0.05, 0) is 31.9 Å². The van der Waals surface area contributed by atoms with Crippen molar-refractivity contribution < 1.29 is 8.42 Å². The highest BCUT2D eigenvalue weighted by molar-refractivity contribution is 7.95. The summed E-state index contributed by atoms with van der Waals surface area (Å²) in [6.45, 7) is 9.13. The molecule has 0 saturated heterocycles. The number of rotatable bonds is 3. The quantitative estimate of drug-likeness (QED) is 0.812. The Kier molecular flexibility index (Phi) is 3.43. The molecule has 0 amide bonds. The van der Waals surface area contributed by atoms with Gasteiger partial charge < -0.3 is 0 Å². The number of anilines is 1. The van der Waals surface area contributed by atoms with Gasteiger partial charge in [0.25, 0.3) is 10.0 Å². The van der Waals surface area contributed by atoms with Crippen molar-refractivity contribution in [2.75, 3.05) is 11.4 Å². The van der Waals surface area contributed by atoms with Gasteiger partial charge in [0.05, 0.1) is 5.69 Å². The van der Waals surface area contributed by atoms with E-state index in [4.69, 9.17) is 0 Å². The molecule has 0 aliphatic rings. The van der Waals surface area contributed by atoms with Crippen molar-refractivity contribution in [3.63, 3.8) is 0 Å². The Labute approximate surface area is 97.5 Å². The zero-order valence-corrected chi connectivity index (χ0v) is 10.9. The predicted molar refractivity (Wildman–Crippen MR) is 68.2 cm³/mol. The normalized spacial score (nSPS) is 11.2. The monoisotopic (exact) mass is 239 g/mol. The summed E-state index contributed by atoms with van der Waals surface area (Å²) in [5, 5.41) is 0.964. The first kappa shape index (κ1) is 12.8. The molecule has 0 radical (unpaired) electrons.